The smallest absolute Gasteiger partial charge is 0.322 e. The first-order valence-corrected chi connectivity index (χ1v) is 8.00. The highest BCUT2D eigenvalue weighted by atomic mass is 16.5. The molecule has 0 aliphatic heterocycles. The standard InChI is InChI=1S/C16H28N2O5/c1-10(2)16(4-5-16)8-11(6-13(17)15(22)23-3)18-12(9-19)7-14(20)21/h9-13,18H,4-8,17H2,1-3H3,(H,20,21)/t11?,12-,13?/m1/s1. The summed E-state index contributed by atoms with van der Waals surface area (Å²) in [6, 6.07) is -1.79. The molecule has 0 amide bonds. The lowest BCUT2D eigenvalue weighted by molar-refractivity contribution is -0.142. The number of carbonyl (C=O) groups excluding carboxylic acids is 2. The summed E-state index contributed by atoms with van der Waals surface area (Å²) >= 11 is 0. The molecule has 0 bridgehead atoms. The second-order valence-electron chi connectivity index (χ2n) is 6.79. The van der Waals surface area contributed by atoms with Gasteiger partial charge in [-0.25, -0.2) is 0 Å². The lowest BCUT2D eigenvalue weighted by Gasteiger charge is -2.30. The van der Waals surface area contributed by atoms with Gasteiger partial charge in [-0.05, 0) is 37.0 Å². The zero-order chi connectivity index (χ0) is 17.6. The molecule has 0 aromatic rings. The van der Waals surface area contributed by atoms with Gasteiger partial charge in [-0.3, -0.25) is 9.59 Å². The van der Waals surface area contributed by atoms with E-state index in [1.165, 1.54) is 7.11 Å². The first-order valence-electron chi connectivity index (χ1n) is 8.00. The summed E-state index contributed by atoms with van der Waals surface area (Å²) < 4.78 is 4.65. The van der Waals surface area contributed by atoms with Crippen molar-refractivity contribution in [3.05, 3.63) is 0 Å². The zero-order valence-corrected chi connectivity index (χ0v) is 14.1. The molecule has 1 aliphatic carbocycles. The van der Waals surface area contributed by atoms with Crippen molar-refractivity contribution in [2.75, 3.05) is 7.11 Å². The Morgan fingerprint density at radius 2 is 2.00 bits per heavy atom. The molecular formula is C16H28N2O5. The van der Waals surface area contributed by atoms with E-state index in [1.54, 1.807) is 0 Å². The van der Waals surface area contributed by atoms with Gasteiger partial charge in [0.05, 0.1) is 19.6 Å². The quantitative estimate of drug-likeness (QED) is 0.377. The van der Waals surface area contributed by atoms with Gasteiger partial charge in [-0.1, -0.05) is 13.8 Å². The van der Waals surface area contributed by atoms with Gasteiger partial charge in [-0.2, -0.15) is 0 Å². The minimum atomic E-state index is -1.05. The van der Waals surface area contributed by atoms with Crippen LogP contribution in [0.3, 0.4) is 0 Å². The van der Waals surface area contributed by atoms with Crippen molar-refractivity contribution < 1.29 is 24.2 Å². The number of hydrogen-bond acceptors (Lipinski definition) is 6. The summed E-state index contributed by atoms with van der Waals surface area (Å²) in [7, 11) is 1.28. The van der Waals surface area contributed by atoms with Gasteiger partial charge in [0.25, 0.3) is 0 Å². The predicted octanol–water partition coefficient (Wildman–Crippen LogP) is 0.704. The molecule has 7 nitrogen and oxygen atoms in total. The van der Waals surface area contributed by atoms with Gasteiger partial charge in [0.15, 0.2) is 0 Å². The minimum Gasteiger partial charge on any atom is -0.481 e. The minimum absolute atomic E-state index is 0.185. The van der Waals surface area contributed by atoms with Gasteiger partial charge >= 0.3 is 11.9 Å². The molecule has 3 atom stereocenters. The fraction of sp³-hybridized carbons (Fsp3) is 0.812. The van der Waals surface area contributed by atoms with Crippen molar-refractivity contribution in [1.82, 2.24) is 5.32 Å². The molecule has 7 heteroatoms. The molecule has 2 unspecified atom stereocenters. The highest BCUT2D eigenvalue weighted by molar-refractivity contribution is 5.75. The molecule has 0 spiro atoms. The first kappa shape index (κ1) is 19.6. The van der Waals surface area contributed by atoms with Crippen LogP contribution < -0.4 is 11.1 Å². The van der Waals surface area contributed by atoms with E-state index >= 15 is 0 Å². The molecule has 1 rings (SSSR count). The van der Waals surface area contributed by atoms with Crippen LogP contribution in [0.15, 0.2) is 0 Å². The van der Waals surface area contributed by atoms with E-state index in [4.69, 9.17) is 10.8 Å². The van der Waals surface area contributed by atoms with Crippen LogP contribution in [0.5, 0.6) is 0 Å². The van der Waals surface area contributed by atoms with E-state index in [1.807, 2.05) is 0 Å². The van der Waals surface area contributed by atoms with Crippen LogP contribution in [-0.4, -0.2) is 48.6 Å². The lowest BCUT2D eigenvalue weighted by atomic mass is 9.84. The number of nitrogens with two attached hydrogens (primary N) is 1. The van der Waals surface area contributed by atoms with Crippen molar-refractivity contribution in [2.24, 2.45) is 17.1 Å². The maximum atomic E-state index is 11.6. The third kappa shape index (κ3) is 5.91. The van der Waals surface area contributed by atoms with Gasteiger partial charge in [0.2, 0.25) is 0 Å². The average molecular weight is 328 g/mol. The number of aliphatic carboxylic acids is 1. The van der Waals surface area contributed by atoms with Crippen molar-refractivity contribution in [3.8, 4) is 0 Å². The van der Waals surface area contributed by atoms with Crippen LogP contribution in [0, 0.1) is 11.3 Å². The summed E-state index contributed by atoms with van der Waals surface area (Å²) in [5.74, 6) is -1.07. The number of esters is 1. The summed E-state index contributed by atoms with van der Waals surface area (Å²) in [4.78, 5) is 33.5. The van der Waals surface area contributed by atoms with E-state index in [-0.39, 0.29) is 17.9 Å². The normalized spacial score (nSPS) is 19.7. The van der Waals surface area contributed by atoms with Gasteiger partial charge in [0.1, 0.15) is 12.3 Å². The fourth-order valence-corrected chi connectivity index (χ4v) is 3.07. The van der Waals surface area contributed by atoms with Crippen LogP contribution >= 0.6 is 0 Å². The van der Waals surface area contributed by atoms with Crippen LogP contribution in [0.2, 0.25) is 0 Å². The summed E-state index contributed by atoms with van der Waals surface area (Å²) in [6.07, 6.45) is 3.58. The molecule has 4 N–H and O–H groups in total. The topological polar surface area (TPSA) is 119 Å². The maximum absolute atomic E-state index is 11.6. The molecule has 132 valence electrons. The molecule has 0 heterocycles. The Kier molecular flexibility index (Phi) is 7.15. The number of rotatable bonds is 11. The van der Waals surface area contributed by atoms with Crippen molar-refractivity contribution in [3.63, 3.8) is 0 Å². The Morgan fingerprint density at radius 1 is 1.39 bits per heavy atom. The van der Waals surface area contributed by atoms with E-state index in [9.17, 15) is 14.4 Å². The van der Waals surface area contributed by atoms with E-state index in [0.29, 0.717) is 18.6 Å². The molecule has 0 aromatic carbocycles. The number of methoxy groups -OCH3 is 1. The number of carbonyl (C=O) groups is 3. The molecule has 1 saturated carbocycles. The second-order valence-corrected chi connectivity index (χ2v) is 6.79. The fourth-order valence-electron chi connectivity index (χ4n) is 3.07. The molecule has 1 aliphatic rings. The maximum Gasteiger partial charge on any atom is 0.322 e. The summed E-state index contributed by atoms with van der Waals surface area (Å²) in [5, 5.41) is 11.9. The third-order valence-corrected chi connectivity index (χ3v) is 4.82. The average Bonchev–Trinajstić information content (AvgIpc) is 3.25. The molecule has 23 heavy (non-hydrogen) atoms. The number of ether oxygens (including phenoxy) is 1. The summed E-state index contributed by atoms with van der Waals surface area (Å²) in [6.45, 7) is 4.30. The highest BCUT2D eigenvalue weighted by Crippen LogP contribution is 2.55. The van der Waals surface area contributed by atoms with Gasteiger partial charge in [-0.15, -0.1) is 0 Å². The first-order chi connectivity index (χ1) is 10.7. The van der Waals surface area contributed by atoms with Crippen LogP contribution in [0.1, 0.15) is 46.0 Å². The number of carboxylic acids is 1. The van der Waals surface area contributed by atoms with Crippen molar-refractivity contribution >= 4 is 18.2 Å². The lowest BCUT2D eigenvalue weighted by Crippen LogP contribution is -2.47. The molecular weight excluding hydrogens is 300 g/mol. The number of carboxylic acid groups (broad SMARTS) is 1. The zero-order valence-electron chi connectivity index (χ0n) is 14.1. The van der Waals surface area contributed by atoms with Crippen molar-refractivity contribution in [2.45, 2.75) is 64.1 Å². The van der Waals surface area contributed by atoms with E-state index in [0.717, 1.165) is 19.3 Å². The molecule has 1 fully saturated rings. The Balaban J connectivity index is 2.76. The Bertz CT molecular complexity index is 434. The third-order valence-electron chi connectivity index (χ3n) is 4.82. The summed E-state index contributed by atoms with van der Waals surface area (Å²) in [5.41, 5.74) is 6.03. The second kappa shape index (κ2) is 8.40. The number of hydrogen-bond donors (Lipinski definition) is 3. The predicted molar refractivity (Wildman–Crippen MR) is 84.8 cm³/mol. The van der Waals surface area contributed by atoms with E-state index in [2.05, 4.69) is 23.9 Å². The Hall–Kier alpha value is -1.47. The number of aldehydes is 1. The SMILES string of the molecule is COC(=O)C(N)CC(CC1(C(C)C)CC1)N[C@@H](C=O)CC(=O)O. The van der Waals surface area contributed by atoms with Crippen LogP contribution in [-0.2, 0) is 19.1 Å². The van der Waals surface area contributed by atoms with Crippen molar-refractivity contribution in [1.29, 1.82) is 0 Å². The monoisotopic (exact) mass is 328 g/mol. The van der Waals surface area contributed by atoms with Crippen LogP contribution in [0.25, 0.3) is 0 Å². The van der Waals surface area contributed by atoms with E-state index < -0.39 is 24.0 Å². The van der Waals surface area contributed by atoms with Gasteiger partial charge < -0.3 is 25.7 Å². The molecule has 0 radical (unpaired) electrons. The Labute approximate surface area is 136 Å². The highest BCUT2D eigenvalue weighted by Gasteiger charge is 2.47. The molecule has 0 saturated heterocycles. The van der Waals surface area contributed by atoms with Crippen LogP contribution in [0.4, 0.5) is 0 Å². The molecule has 0 aromatic heterocycles. The number of nitrogens with one attached hydrogen (secondary N) is 1. The Morgan fingerprint density at radius 3 is 2.39 bits per heavy atom. The van der Waals surface area contributed by atoms with Gasteiger partial charge in [0, 0.05) is 6.04 Å². The largest absolute Gasteiger partial charge is 0.481 e.